The second-order valence-electron chi connectivity index (χ2n) is 6.08. The molecule has 0 aliphatic heterocycles. The van der Waals surface area contributed by atoms with E-state index in [0.29, 0.717) is 26.5 Å². The fraction of sp³-hybridized carbons (Fsp3) is 0.529. The van der Waals surface area contributed by atoms with Crippen LogP contribution in [-0.4, -0.2) is 40.2 Å². The summed E-state index contributed by atoms with van der Waals surface area (Å²) in [5, 5.41) is 3.07. The van der Waals surface area contributed by atoms with Gasteiger partial charge >= 0.3 is 5.97 Å². The van der Waals surface area contributed by atoms with E-state index >= 15 is 0 Å². The van der Waals surface area contributed by atoms with Crippen LogP contribution >= 0.6 is 23.1 Å². The number of thioether (sulfide) groups is 1. The standard InChI is InChI=1S/C17H23N3O4S2/c1-6-24-17(23)13-9(4)12-15(22)19-14(20-16(12)26-13)10(5)25-7-11(21)18-8(2)3/h8,10H,6-7H2,1-5H3,(H,18,21)(H,19,20,22)/t10-/m0/s1. The van der Waals surface area contributed by atoms with Crippen molar-refractivity contribution >= 4 is 45.2 Å². The highest BCUT2D eigenvalue weighted by molar-refractivity contribution is 8.00. The van der Waals surface area contributed by atoms with E-state index in [2.05, 4.69) is 15.3 Å². The highest BCUT2D eigenvalue weighted by Crippen LogP contribution is 2.30. The molecule has 142 valence electrons. The highest BCUT2D eigenvalue weighted by atomic mass is 32.2. The fourth-order valence-electron chi connectivity index (χ4n) is 2.39. The Bertz CT molecular complexity index is 873. The maximum Gasteiger partial charge on any atom is 0.348 e. The molecule has 0 aromatic carbocycles. The molecule has 0 saturated carbocycles. The van der Waals surface area contributed by atoms with Crippen LogP contribution in [0.15, 0.2) is 4.79 Å². The number of hydrogen-bond donors (Lipinski definition) is 2. The lowest BCUT2D eigenvalue weighted by Crippen LogP contribution is -2.31. The molecule has 2 rings (SSSR count). The van der Waals surface area contributed by atoms with Crippen LogP contribution in [0.25, 0.3) is 10.2 Å². The van der Waals surface area contributed by atoms with Crippen LogP contribution in [0.5, 0.6) is 0 Å². The molecule has 2 heterocycles. The number of carbonyl (C=O) groups is 2. The number of aromatic nitrogens is 2. The van der Waals surface area contributed by atoms with E-state index in [1.54, 1.807) is 13.8 Å². The summed E-state index contributed by atoms with van der Waals surface area (Å²) in [7, 11) is 0. The van der Waals surface area contributed by atoms with Crippen LogP contribution in [0.3, 0.4) is 0 Å². The van der Waals surface area contributed by atoms with Crippen molar-refractivity contribution in [3.8, 4) is 0 Å². The Labute approximate surface area is 159 Å². The lowest BCUT2D eigenvalue weighted by atomic mass is 10.2. The summed E-state index contributed by atoms with van der Waals surface area (Å²) < 4.78 is 5.04. The van der Waals surface area contributed by atoms with E-state index in [4.69, 9.17) is 4.74 Å². The minimum absolute atomic E-state index is 0.0585. The van der Waals surface area contributed by atoms with Crippen LogP contribution in [0.4, 0.5) is 0 Å². The number of H-pyrrole nitrogens is 1. The van der Waals surface area contributed by atoms with E-state index < -0.39 is 5.97 Å². The molecule has 0 aliphatic rings. The quantitative estimate of drug-likeness (QED) is 0.697. The number of rotatable bonds is 7. The maximum absolute atomic E-state index is 12.5. The monoisotopic (exact) mass is 397 g/mol. The van der Waals surface area contributed by atoms with Gasteiger partial charge in [-0.2, -0.15) is 0 Å². The van der Waals surface area contributed by atoms with Gasteiger partial charge in [0, 0.05) is 6.04 Å². The van der Waals surface area contributed by atoms with Crippen molar-refractivity contribution < 1.29 is 14.3 Å². The van der Waals surface area contributed by atoms with Crippen molar-refractivity contribution in [1.82, 2.24) is 15.3 Å². The van der Waals surface area contributed by atoms with Gasteiger partial charge in [-0.3, -0.25) is 9.59 Å². The second-order valence-corrected chi connectivity index (χ2v) is 8.41. The zero-order chi connectivity index (χ0) is 19.4. The molecule has 0 bridgehead atoms. The molecule has 1 atom stereocenters. The van der Waals surface area contributed by atoms with Gasteiger partial charge in [-0.25, -0.2) is 9.78 Å². The number of nitrogens with zero attached hydrogens (tertiary/aromatic N) is 1. The molecule has 9 heteroatoms. The van der Waals surface area contributed by atoms with Crippen LogP contribution in [0.2, 0.25) is 0 Å². The molecular formula is C17H23N3O4S2. The minimum Gasteiger partial charge on any atom is -0.462 e. The number of aryl methyl sites for hydroxylation is 1. The SMILES string of the molecule is CCOC(=O)c1sc2nc([C@H](C)SCC(=O)NC(C)C)[nH]c(=O)c2c1C. The molecule has 0 fully saturated rings. The normalized spacial score (nSPS) is 12.4. The van der Waals surface area contributed by atoms with Crippen molar-refractivity contribution in [2.45, 2.75) is 45.9 Å². The third kappa shape index (κ3) is 4.64. The zero-order valence-corrected chi connectivity index (χ0v) is 17.1. The van der Waals surface area contributed by atoms with Gasteiger partial charge in [-0.05, 0) is 40.2 Å². The summed E-state index contributed by atoms with van der Waals surface area (Å²) in [5.74, 6) is 0.263. The number of nitrogens with one attached hydrogen (secondary N) is 2. The van der Waals surface area contributed by atoms with Crippen LogP contribution in [0, 0.1) is 6.92 Å². The predicted octanol–water partition coefficient (Wildman–Crippen LogP) is 2.79. The van der Waals surface area contributed by atoms with Crippen molar-refractivity contribution in [1.29, 1.82) is 0 Å². The Morgan fingerprint density at radius 3 is 2.65 bits per heavy atom. The summed E-state index contributed by atoms with van der Waals surface area (Å²) in [5.41, 5.74) is 0.300. The highest BCUT2D eigenvalue weighted by Gasteiger charge is 2.21. The van der Waals surface area contributed by atoms with E-state index in [0.717, 1.165) is 11.3 Å². The third-order valence-corrected chi connectivity index (χ3v) is 5.90. The molecule has 0 unspecified atom stereocenters. The van der Waals surface area contributed by atoms with Gasteiger partial charge < -0.3 is 15.0 Å². The van der Waals surface area contributed by atoms with Crippen molar-refractivity contribution in [2.75, 3.05) is 12.4 Å². The van der Waals surface area contributed by atoms with Gasteiger partial charge in [0.1, 0.15) is 15.5 Å². The number of amides is 1. The number of esters is 1. The van der Waals surface area contributed by atoms with Gasteiger partial charge in [0.15, 0.2) is 0 Å². The number of ether oxygens (including phenoxy) is 1. The molecule has 0 radical (unpaired) electrons. The topological polar surface area (TPSA) is 101 Å². The van der Waals surface area contributed by atoms with Gasteiger partial charge in [0.2, 0.25) is 5.91 Å². The molecule has 0 aliphatic carbocycles. The molecule has 0 saturated heterocycles. The number of thiophene rings is 1. The number of carbonyl (C=O) groups excluding carboxylic acids is 2. The number of hydrogen-bond acceptors (Lipinski definition) is 7. The summed E-state index contributed by atoms with van der Waals surface area (Å²) in [6.45, 7) is 9.41. The largest absolute Gasteiger partial charge is 0.462 e. The summed E-state index contributed by atoms with van der Waals surface area (Å²) in [6, 6.07) is 0.0862. The zero-order valence-electron chi connectivity index (χ0n) is 15.5. The lowest BCUT2D eigenvalue weighted by Gasteiger charge is -2.12. The first kappa shape index (κ1) is 20.4. The molecule has 2 aromatic rings. The molecule has 7 nitrogen and oxygen atoms in total. The number of aromatic amines is 1. The minimum atomic E-state index is -0.443. The van der Waals surface area contributed by atoms with Gasteiger partial charge in [0.25, 0.3) is 5.56 Å². The first-order valence-electron chi connectivity index (χ1n) is 8.36. The van der Waals surface area contributed by atoms with Crippen molar-refractivity contribution in [2.24, 2.45) is 0 Å². The maximum atomic E-state index is 12.5. The smallest absolute Gasteiger partial charge is 0.348 e. The van der Waals surface area contributed by atoms with E-state index in [1.165, 1.54) is 11.8 Å². The Kier molecular flexibility index (Phi) is 6.82. The fourth-order valence-corrected chi connectivity index (χ4v) is 4.22. The van der Waals surface area contributed by atoms with Crippen LogP contribution < -0.4 is 10.9 Å². The molecule has 26 heavy (non-hydrogen) atoms. The van der Waals surface area contributed by atoms with E-state index in [1.807, 2.05) is 20.8 Å². The molecule has 0 spiro atoms. The second kappa shape index (κ2) is 8.68. The molecule has 1 amide bonds. The van der Waals surface area contributed by atoms with E-state index in [-0.39, 0.29) is 35.1 Å². The molecule has 2 aromatic heterocycles. The molecular weight excluding hydrogens is 374 g/mol. The average molecular weight is 398 g/mol. The number of fused-ring (bicyclic) bond motifs is 1. The Hall–Kier alpha value is -1.87. The lowest BCUT2D eigenvalue weighted by molar-refractivity contribution is -0.119. The van der Waals surface area contributed by atoms with Gasteiger partial charge in [-0.1, -0.05) is 0 Å². The Morgan fingerprint density at radius 1 is 1.35 bits per heavy atom. The Balaban J connectivity index is 2.26. The first-order chi connectivity index (χ1) is 12.2. The van der Waals surface area contributed by atoms with Crippen LogP contribution in [0.1, 0.15) is 54.0 Å². The third-order valence-electron chi connectivity index (χ3n) is 3.58. The first-order valence-corrected chi connectivity index (χ1v) is 10.2. The molecule has 2 N–H and O–H groups in total. The van der Waals surface area contributed by atoms with Crippen LogP contribution in [-0.2, 0) is 9.53 Å². The van der Waals surface area contributed by atoms with Gasteiger partial charge in [-0.15, -0.1) is 23.1 Å². The summed E-state index contributed by atoms with van der Waals surface area (Å²) in [4.78, 5) is 44.5. The van der Waals surface area contributed by atoms with Crippen molar-refractivity contribution in [3.63, 3.8) is 0 Å². The average Bonchev–Trinajstić information content (AvgIpc) is 2.89. The van der Waals surface area contributed by atoms with Gasteiger partial charge in [0.05, 0.1) is 23.0 Å². The van der Waals surface area contributed by atoms with E-state index in [9.17, 15) is 14.4 Å². The predicted molar refractivity (Wildman–Crippen MR) is 105 cm³/mol. The summed E-state index contributed by atoms with van der Waals surface area (Å²) in [6.07, 6.45) is 0. The Morgan fingerprint density at radius 2 is 2.04 bits per heavy atom. The summed E-state index contributed by atoms with van der Waals surface area (Å²) >= 11 is 2.55. The van der Waals surface area contributed by atoms with Crippen molar-refractivity contribution in [3.05, 3.63) is 26.6 Å².